The first-order chi connectivity index (χ1) is 7.29. The summed E-state index contributed by atoms with van der Waals surface area (Å²) in [7, 11) is 0. The Morgan fingerprint density at radius 2 is 1.87 bits per heavy atom. The second-order valence-electron chi connectivity index (χ2n) is 3.91. The lowest BCUT2D eigenvalue weighted by Crippen LogP contribution is -2.05. The number of nitrogens with zero attached hydrogens (tertiary/aromatic N) is 3. The van der Waals surface area contributed by atoms with Gasteiger partial charge in [-0.1, -0.05) is 44.7 Å². The molecule has 4 heteroatoms. The maximum Gasteiger partial charge on any atom is 0.169 e. The largest absolute Gasteiger partial charge is 0.381 e. The Labute approximate surface area is 91.9 Å². The summed E-state index contributed by atoms with van der Waals surface area (Å²) in [6, 6.07) is 0. The fraction of sp³-hybridized carbons (Fsp3) is 0.818. The Hall–Kier alpha value is -1.06. The lowest BCUT2D eigenvalue weighted by Gasteiger charge is -2.04. The average molecular weight is 210 g/mol. The van der Waals surface area contributed by atoms with Crippen molar-refractivity contribution in [1.82, 2.24) is 15.0 Å². The van der Waals surface area contributed by atoms with Crippen molar-refractivity contribution in [3.8, 4) is 0 Å². The molecule has 0 saturated carbocycles. The summed E-state index contributed by atoms with van der Waals surface area (Å²) >= 11 is 0. The second-order valence-corrected chi connectivity index (χ2v) is 3.91. The van der Waals surface area contributed by atoms with Gasteiger partial charge in [0.05, 0.1) is 5.69 Å². The average Bonchev–Trinajstić information content (AvgIpc) is 2.59. The Morgan fingerprint density at radius 1 is 1.13 bits per heavy atom. The molecule has 0 fully saturated rings. The van der Waals surface area contributed by atoms with Gasteiger partial charge in [-0.15, -0.1) is 5.10 Å². The molecular weight excluding hydrogens is 188 g/mol. The van der Waals surface area contributed by atoms with E-state index in [2.05, 4.69) is 24.2 Å². The monoisotopic (exact) mass is 210 g/mol. The number of anilines is 1. The van der Waals surface area contributed by atoms with Crippen molar-refractivity contribution in [1.29, 1.82) is 0 Å². The molecule has 0 radical (unpaired) electrons. The van der Waals surface area contributed by atoms with Crippen LogP contribution in [-0.2, 0) is 13.0 Å². The van der Waals surface area contributed by atoms with Crippen molar-refractivity contribution >= 4 is 5.82 Å². The molecule has 0 bridgehead atoms. The lowest BCUT2D eigenvalue weighted by molar-refractivity contribution is 0.508. The third kappa shape index (κ3) is 3.53. The molecule has 0 aliphatic rings. The highest BCUT2D eigenvalue weighted by atomic mass is 15.4. The van der Waals surface area contributed by atoms with E-state index in [4.69, 9.17) is 5.73 Å². The van der Waals surface area contributed by atoms with Crippen LogP contribution < -0.4 is 5.73 Å². The third-order valence-corrected chi connectivity index (χ3v) is 2.68. The molecule has 0 spiro atoms. The maximum absolute atomic E-state index is 5.71. The van der Waals surface area contributed by atoms with E-state index in [1.807, 2.05) is 4.68 Å². The highest BCUT2D eigenvalue weighted by molar-refractivity contribution is 5.32. The molecule has 0 aliphatic heterocycles. The Kier molecular flexibility index (Phi) is 5.15. The first-order valence-electron chi connectivity index (χ1n) is 5.97. The van der Waals surface area contributed by atoms with Gasteiger partial charge in [-0.05, 0) is 12.8 Å². The first-order valence-corrected chi connectivity index (χ1v) is 5.97. The van der Waals surface area contributed by atoms with E-state index < -0.39 is 0 Å². The number of aromatic nitrogens is 3. The maximum atomic E-state index is 5.71. The number of nitrogen functional groups attached to an aromatic ring is 1. The van der Waals surface area contributed by atoms with E-state index in [1.54, 1.807) is 0 Å². The predicted molar refractivity (Wildman–Crippen MR) is 62.6 cm³/mol. The minimum atomic E-state index is 0.589. The molecule has 1 aromatic rings. The van der Waals surface area contributed by atoms with Crippen LogP contribution in [-0.4, -0.2) is 15.0 Å². The molecule has 1 rings (SSSR count). The zero-order valence-corrected chi connectivity index (χ0v) is 9.87. The molecule has 0 amide bonds. The van der Waals surface area contributed by atoms with Gasteiger partial charge in [0.1, 0.15) is 0 Å². The molecule has 86 valence electrons. The van der Waals surface area contributed by atoms with Gasteiger partial charge in [0.2, 0.25) is 0 Å². The minimum Gasteiger partial charge on any atom is -0.381 e. The smallest absolute Gasteiger partial charge is 0.169 e. The fourth-order valence-electron chi connectivity index (χ4n) is 1.75. The van der Waals surface area contributed by atoms with Crippen molar-refractivity contribution in [2.24, 2.45) is 0 Å². The van der Waals surface area contributed by atoms with Crippen LogP contribution >= 0.6 is 0 Å². The summed E-state index contributed by atoms with van der Waals surface area (Å²) in [5.74, 6) is 0.589. The molecule has 0 aromatic carbocycles. The molecule has 0 saturated heterocycles. The van der Waals surface area contributed by atoms with Crippen LogP contribution in [0.1, 0.15) is 51.6 Å². The van der Waals surface area contributed by atoms with Gasteiger partial charge < -0.3 is 5.73 Å². The summed E-state index contributed by atoms with van der Waals surface area (Å²) < 4.78 is 1.95. The van der Waals surface area contributed by atoms with Crippen LogP contribution in [0.3, 0.4) is 0 Å². The van der Waals surface area contributed by atoms with Gasteiger partial charge in [0.15, 0.2) is 5.82 Å². The number of aryl methyl sites for hydroxylation is 1. The van der Waals surface area contributed by atoms with Crippen molar-refractivity contribution in [2.45, 2.75) is 58.9 Å². The van der Waals surface area contributed by atoms with Crippen molar-refractivity contribution < 1.29 is 0 Å². The Bertz CT molecular complexity index is 280. The molecule has 4 nitrogen and oxygen atoms in total. The molecule has 1 heterocycles. The minimum absolute atomic E-state index is 0.589. The van der Waals surface area contributed by atoms with Crippen LogP contribution in [0.15, 0.2) is 0 Å². The van der Waals surface area contributed by atoms with E-state index in [0.717, 1.165) is 18.7 Å². The van der Waals surface area contributed by atoms with Crippen molar-refractivity contribution in [3.05, 3.63) is 5.69 Å². The normalized spacial score (nSPS) is 10.8. The van der Waals surface area contributed by atoms with E-state index >= 15 is 0 Å². The first kappa shape index (κ1) is 12.0. The van der Waals surface area contributed by atoms with Crippen LogP contribution in [0.5, 0.6) is 0 Å². The second kappa shape index (κ2) is 6.43. The van der Waals surface area contributed by atoms with Gasteiger partial charge in [-0.25, -0.2) is 4.68 Å². The number of nitrogens with two attached hydrogens (primary N) is 1. The molecule has 15 heavy (non-hydrogen) atoms. The van der Waals surface area contributed by atoms with Crippen LogP contribution in [0.25, 0.3) is 0 Å². The number of rotatable bonds is 7. The summed E-state index contributed by atoms with van der Waals surface area (Å²) in [6.07, 6.45) is 7.30. The topological polar surface area (TPSA) is 56.7 Å². The standard InChI is InChI=1S/C11H22N4/c1-3-5-6-7-8-9-15-10(4-2)11(12)13-14-15/h3-9,12H2,1-2H3. The van der Waals surface area contributed by atoms with Gasteiger partial charge in [-0.3, -0.25) is 0 Å². The van der Waals surface area contributed by atoms with Crippen LogP contribution in [0, 0.1) is 0 Å². The summed E-state index contributed by atoms with van der Waals surface area (Å²) in [6.45, 7) is 5.27. The SMILES string of the molecule is CCCCCCCn1nnc(N)c1CC. The number of hydrogen-bond donors (Lipinski definition) is 1. The number of unbranched alkanes of at least 4 members (excludes halogenated alkanes) is 4. The van der Waals surface area contributed by atoms with Crippen LogP contribution in [0.4, 0.5) is 5.82 Å². The highest BCUT2D eigenvalue weighted by Gasteiger charge is 2.06. The highest BCUT2D eigenvalue weighted by Crippen LogP contribution is 2.10. The summed E-state index contributed by atoms with van der Waals surface area (Å²) in [5.41, 5.74) is 6.78. The predicted octanol–water partition coefficient (Wildman–Crippen LogP) is 2.39. The van der Waals surface area contributed by atoms with Gasteiger partial charge >= 0.3 is 0 Å². The quantitative estimate of drug-likeness (QED) is 0.703. The van der Waals surface area contributed by atoms with Crippen molar-refractivity contribution in [3.63, 3.8) is 0 Å². The van der Waals surface area contributed by atoms with Gasteiger partial charge in [0, 0.05) is 6.54 Å². The molecule has 0 atom stereocenters. The third-order valence-electron chi connectivity index (χ3n) is 2.68. The van der Waals surface area contributed by atoms with E-state index in [-0.39, 0.29) is 0 Å². The molecule has 0 unspecified atom stereocenters. The Morgan fingerprint density at radius 3 is 2.53 bits per heavy atom. The van der Waals surface area contributed by atoms with Crippen LogP contribution in [0.2, 0.25) is 0 Å². The zero-order chi connectivity index (χ0) is 11.1. The molecule has 0 aliphatic carbocycles. The fourth-order valence-corrected chi connectivity index (χ4v) is 1.75. The van der Waals surface area contributed by atoms with Crippen molar-refractivity contribution in [2.75, 3.05) is 5.73 Å². The van der Waals surface area contributed by atoms with E-state index in [1.165, 1.54) is 32.1 Å². The summed E-state index contributed by atoms with van der Waals surface area (Å²) in [4.78, 5) is 0. The van der Waals surface area contributed by atoms with E-state index in [9.17, 15) is 0 Å². The van der Waals surface area contributed by atoms with E-state index in [0.29, 0.717) is 5.82 Å². The molecule has 1 aromatic heterocycles. The lowest BCUT2D eigenvalue weighted by atomic mass is 10.1. The van der Waals surface area contributed by atoms with Gasteiger partial charge in [0.25, 0.3) is 0 Å². The summed E-state index contributed by atoms with van der Waals surface area (Å²) in [5, 5.41) is 7.94. The molecule has 2 N–H and O–H groups in total. The van der Waals surface area contributed by atoms with Gasteiger partial charge in [-0.2, -0.15) is 0 Å². The molecular formula is C11H22N4. The number of hydrogen-bond acceptors (Lipinski definition) is 3. The Balaban J connectivity index is 2.30. The zero-order valence-electron chi connectivity index (χ0n) is 9.87.